The van der Waals surface area contributed by atoms with Gasteiger partial charge in [0.1, 0.15) is 10.1 Å². The van der Waals surface area contributed by atoms with Crippen molar-refractivity contribution in [1.29, 1.82) is 0 Å². The standard InChI is InChI=1S/C16H20O3S.Na/c1-3-6-12-8-5-9-13-11-16(20(17,18)19)14(7-4-2)10-15(12)13;/h5,8-11H,3-4,6-7H2,1-2H3,(H,17,18,19);/q;+1/p-1. The third-order valence-electron chi connectivity index (χ3n) is 3.46. The Kier molecular flexibility index (Phi) is 6.88. The fourth-order valence-electron chi connectivity index (χ4n) is 2.60. The van der Waals surface area contributed by atoms with Crippen molar-refractivity contribution in [3.63, 3.8) is 0 Å². The Balaban J connectivity index is 0.00000220. The first kappa shape index (κ1) is 18.7. The molecule has 0 fully saturated rings. The molecule has 2 aromatic rings. The largest absolute Gasteiger partial charge is 1.00 e. The molecule has 0 aromatic heterocycles. The minimum Gasteiger partial charge on any atom is -0.744 e. The molecule has 0 heterocycles. The van der Waals surface area contributed by atoms with Crippen molar-refractivity contribution in [3.8, 4) is 0 Å². The van der Waals surface area contributed by atoms with E-state index >= 15 is 0 Å². The Morgan fingerprint density at radius 2 is 1.62 bits per heavy atom. The van der Waals surface area contributed by atoms with Crippen LogP contribution in [0.1, 0.15) is 37.8 Å². The monoisotopic (exact) mass is 314 g/mol. The van der Waals surface area contributed by atoms with E-state index in [1.807, 2.05) is 25.1 Å². The van der Waals surface area contributed by atoms with Crippen LogP contribution in [0.2, 0.25) is 0 Å². The molecule has 108 valence electrons. The van der Waals surface area contributed by atoms with E-state index in [0.717, 1.165) is 30.0 Å². The molecule has 2 aromatic carbocycles. The van der Waals surface area contributed by atoms with Gasteiger partial charge in [-0.15, -0.1) is 0 Å². The summed E-state index contributed by atoms with van der Waals surface area (Å²) in [6, 6.07) is 9.25. The van der Waals surface area contributed by atoms with E-state index in [2.05, 4.69) is 13.0 Å². The van der Waals surface area contributed by atoms with Crippen LogP contribution in [-0.4, -0.2) is 13.0 Å². The van der Waals surface area contributed by atoms with Crippen molar-refractivity contribution < 1.29 is 42.5 Å². The Bertz CT molecular complexity index is 724. The number of rotatable bonds is 5. The van der Waals surface area contributed by atoms with Gasteiger partial charge in [0, 0.05) is 0 Å². The maximum Gasteiger partial charge on any atom is 1.00 e. The topological polar surface area (TPSA) is 57.2 Å². The summed E-state index contributed by atoms with van der Waals surface area (Å²) in [4.78, 5) is -0.0690. The predicted molar refractivity (Wildman–Crippen MR) is 79.9 cm³/mol. The second-order valence-corrected chi connectivity index (χ2v) is 6.40. The van der Waals surface area contributed by atoms with Gasteiger partial charge in [0.25, 0.3) is 0 Å². The molecular formula is C16H19NaO3S. The van der Waals surface area contributed by atoms with Crippen LogP contribution < -0.4 is 29.6 Å². The maximum absolute atomic E-state index is 11.4. The van der Waals surface area contributed by atoms with E-state index in [0.29, 0.717) is 12.0 Å². The van der Waals surface area contributed by atoms with Crippen molar-refractivity contribution in [2.24, 2.45) is 0 Å². The summed E-state index contributed by atoms with van der Waals surface area (Å²) in [5.74, 6) is 0. The molecule has 0 radical (unpaired) electrons. The van der Waals surface area contributed by atoms with E-state index in [9.17, 15) is 13.0 Å². The smallest absolute Gasteiger partial charge is 0.744 e. The van der Waals surface area contributed by atoms with Crippen LogP contribution in [0, 0.1) is 0 Å². The zero-order valence-corrected chi connectivity index (χ0v) is 15.7. The van der Waals surface area contributed by atoms with E-state index in [1.165, 1.54) is 11.6 Å². The average Bonchev–Trinajstić information content (AvgIpc) is 2.38. The molecule has 0 aliphatic rings. The zero-order valence-electron chi connectivity index (χ0n) is 12.8. The van der Waals surface area contributed by atoms with Crippen LogP contribution >= 0.6 is 0 Å². The van der Waals surface area contributed by atoms with Gasteiger partial charge < -0.3 is 4.55 Å². The van der Waals surface area contributed by atoms with Gasteiger partial charge in [-0.25, -0.2) is 8.42 Å². The predicted octanol–water partition coefficient (Wildman–Crippen LogP) is 0.653. The van der Waals surface area contributed by atoms with Gasteiger partial charge in [0.05, 0.1) is 4.90 Å². The first-order valence-electron chi connectivity index (χ1n) is 6.97. The van der Waals surface area contributed by atoms with Crippen LogP contribution in [0.5, 0.6) is 0 Å². The van der Waals surface area contributed by atoms with Crippen LogP contribution in [0.4, 0.5) is 0 Å². The minimum atomic E-state index is -4.42. The van der Waals surface area contributed by atoms with E-state index in [-0.39, 0.29) is 34.5 Å². The third-order valence-corrected chi connectivity index (χ3v) is 4.38. The van der Waals surface area contributed by atoms with Crippen molar-refractivity contribution in [3.05, 3.63) is 41.5 Å². The molecule has 3 nitrogen and oxygen atoms in total. The number of fused-ring (bicyclic) bond motifs is 1. The summed E-state index contributed by atoms with van der Waals surface area (Å²) in [6.45, 7) is 4.09. The number of hydrogen-bond donors (Lipinski definition) is 0. The summed E-state index contributed by atoms with van der Waals surface area (Å²) in [5.41, 5.74) is 1.84. The van der Waals surface area contributed by atoms with Gasteiger partial charge in [-0.05, 0) is 46.9 Å². The third kappa shape index (κ3) is 4.30. The Morgan fingerprint density at radius 1 is 1.00 bits per heavy atom. The normalized spacial score (nSPS) is 11.4. The summed E-state index contributed by atoms with van der Waals surface area (Å²) in [5, 5.41) is 1.88. The first-order valence-corrected chi connectivity index (χ1v) is 8.38. The molecule has 0 amide bonds. The molecule has 0 spiro atoms. The SMILES string of the molecule is CCCc1cc2c(CCC)cccc2cc1S(=O)(=O)[O-].[Na+]. The average molecular weight is 314 g/mol. The van der Waals surface area contributed by atoms with E-state index in [4.69, 9.17) is 0 Å². The molecule has 0 saturated carbocycles. The summed E-state index contributed by atoms with van der Waals surface area (Å²) in [7, 11) is -4.42. The van der Waals surface area contributed by atoms with Gasteiger partial charge in [-0.2, -0.15) is 0 Å². The first-order chi connectivity index (χ1) is 9.47. The molecule has 0 bridgehead atoms. The maximum atomic E-state index is 11.4. The fraction of sp³-hybridized carbons (Fsp3) is 0.375. The molecule has 0 aliphatic carbocycles. The van der Waals surface area contributed by atoms with Gasteiger partial charge in [-0.3, -0.25) is 0 Å². The summed E-state index contributed by atoms with van der Waals surface area (Å²) < 4.78 is 34.3. The Hall–Kier alpha value is -0.390. The molecule has 2 rings (SSSR count). The second kappa shape index (κ2) is 7.75. The molecular weight excluding hydrogens is 295 g/mol. The molecule has 0 aliphatic heterocycles. The zero-order chi connectivity index (χ0) is 14.8. The Labute approximate surface area is 148 Å². The Morgan fingerprint density at radius 3 is 2.19 bits per heavy atom. The van der Waals surface area contributed by atoms with Crippen molar-refractivity contribution in [2.45, 2.75) is 44.4 Å². The van der Waals surface area contributed by atoms with Crippen LogP contribution in [-0.2, 0) is 23.0 Å². The van der Waals surface area contributed by atoms with Crippen molar-refractivity contribution >= 4 is 20.9 Å². The van der Waals surface area contributed by atoms with Crippen molar-refractivity contribution in [1.82, 2.24) is 0 Å². The molecule has 5 heteroatoms. The van der Waals surface area contributed by atoms with E-state index in [1.54, 1.807) is 0 Å². The molecule has 0 unspecified atom stereocenters. The quantitative estimate of drug-likeness (QED) is 0.601. The number of hydrogen-bond acceptors (Lipinski definition) is 3. The van der Waals surface area contributed by atoms with Gasteiger partial charge in [0.2, 0.25) is 0 Å². The van der Waals surface area contributed by atoms with Gasteiger partial charge in [-0.1, -0.05) is 44.9 Å². The molecule has 21 heavy (non-hydrogen) atoms. The van der Waals surface area contributed by atoms with E-state index < -0.39 is 10.1 Å². The minimum absolute atomic E-state index is 0. The van der Waals surface area contributed by atoms with Gasteiger partial charge >= 0.3 is 29.6 Å². The summed E-state index contributed by atoms with van der Waals surface area (Å²) in [6.07, 6.45) is 3.40. The van der Waals surface area contributed by atoms with Gasteiger partial charge in [0.15, 0.2) is 0 Å². The second-order valence-electron chi connectivity index (χ2n) is 5.05. The number of aryl methyl sites for hydroxylation is 2. The van der Waals surface area contributed by atoms with Crippen LogP contribution in [0.25, 0.3) is 10.8 Å². The molecule has 0 saturated heterocycles. The molecule has 0 atom stereocenters. The van der Waals surface area contributed by atoms with Crippen molar-refractivity contribution in [2.75, 3.05) is 0 Å². The van der Waals surface area contributed by atoms with Crippen LogP contribution in [0.15, 0.2) is 35.2 Å². The molecule has 0 N–H and O–H groups in total. The number of benzene rings is 2. The summed E-state index contributed by atoms with van der Waals surface area (Å²) >= 11 is 0. The fourth-order valence-corrected chi connectivity index (χ4v) is 3.35. The van der Waals surface area contributed by atoms with Crippen LogP contribution in [0.3, 0.4) is 0 Å².